The molecule has 3 rings (SSSR count). The number of fused-ring (bicyclic) bond motifs is 1. The van der Waals surface area contributed by atoms with E-state index in [1.807, 2.05) is 22.9 Å². The third kappa shape index (κ3) is 3.99. The van der Waals surface area contributed by atoms with Crippen LogP contribution in [0.4, 0.5) is 0 Å². The number of nitrogens with zero attached hydrogens (tertiary/aromatic N) is 1. The van der Waals surface area contributed by atoms with Gasteiger partial charge in [-0.3, -0.25) is 4.79 Å². The molecule has 3 aromatic rings. The summed E-state index contributed by atoms with van der Waals surface area (Å²) in [5, 5.41) is 1.12. The molecule has 0 saturated heterocycles. The predicted octanol–water partition coefficient (Wildman–Crippen LogP) is 3.91. The van der Waals surface area contributed by atoms with Crippen molar-refractivity contribution in [2.45, 2.75) is 13.5 Å². The molecule has 0 aliphatic carbocycles. The maximum absolute atomic E-state index is 12.7. The van der Waals surface area contributed by atoms with E-state index in [4.69, 9.17) is 9.47 Å². The topological polar surface area (TPSA) is 39.4 Å². The summed E-state index contributed by atoms with van der Waals surface area (Å²) < 4.78 is 12.5. The number of aryl methyl sites for hydroxylation is 1. The van der Waals surface area contributed by atoms with Crippen molar-refractivity contribution in [2.75, 3.05) is 14.2 Å². The summed E-state index contributed by atoms with van der Waals surface area (Å²) in [4.78, 5) is 12.7. The van der Waals surface area contributed by atoms with Gasteiger partial charge in [-0.1, -0.05) is 11.6 Å². The quantitative estimate of drug-likeness (QED) is 0.479. The Hall–Kier alpha value is -2.40. The van der Waals surface area contributed by atoms with E-state index in [-0.39, 0.29) is 29.3 Å². The lowest BCUT2D eigenvalue weighted by atomic mass is 10.1. The first kappa shape index (κ1) is 18.9. The molecule has 0 atom stereocenters. The predicted molar refractivity (Wildman–Crippen MR) is 103 cm³/mol. The van der Waals surface area contributed by atoms with Crippen molar-refractivity contribution in [3.05, 3.63) is 65.9 Å². The van der Waals surface area contributed by atoms with Crippen LogP contribution in [-0.4, -0.2) is 20.0 Å². The second-order valence-corrected chi connectivity index (χ2v) is 5.69. The van der Waals surface area contributed by atoms with E-state index >= 15 is 0 Å². The molecule has 0 amide bonds. The minimum atomic E-state index is 0. The Morgan fingerprint density at radius 1 is 1.00 bits per heavy atom. The average Bonchev–Trinajstić information content (AvgIpc) is 2.60. The highest BCUT2D eigenvalue weighted by Gasteiger charge is 2.17. The molecule has 0 fully saturated rings. The number of rotatable bonds is 5. The van der Waals surface area contributed by atoms with Crippen LogP contribution in [0.25, 0.3) is 10.9 Å². The molecular formula is C20H21BrNO3+. The summed E-state index contributed by atoms with van der Waals surface area (Å²) in [7, 11) is 3.14. The van der Waals surface area contributed by atoms with E-state index < -0.39 is 0 Å². The van der Waals surface area contributed by atoms with Gasteiger partial charge in [0.1, 0.15) is 0 Å². The molecule has 0 aliphatic rings. The average molecular weight is 403 g/mol. The molecule has 0 bridgehead atoms. The largest absolute Gasteiger partial charge is 0.493 e. The Morgan fingerprint density at radius 2 is 1.76 bits per heavy atom. The third-order valence-corrected chi connectivity index (χ3v) is 4.05. The number of Topliss-reactive ketones (excluding diaryl/α,β-unsaturated/α-hetero) is 1. The zero-order valence-corrected chi connectivity index (χ0v) is 16.2. The van der Waals surface area contributed by atoms with Gasteiger partial charge in [0.2, 0.25) is 17.8 Å². The molecule has 0 unspecified atom stereocenters. The fourth-order valence-electron chi connectivity index (χ4n) is 2.79. The number of halogens is 1. The zero-order chi connectivity index (χ0) is 17.1. The normalized spacial score (nSPS) is 10.2. The van der Waals surface area contributed by atoms with Crippen LogP contribution in [0.5, 0.6) is 11.5 Å². The van der Waals surface area contributed by atoms with Crippen LogP contribution < -0.4 is 14.0 Å². The molecule has 0 spiro atoms. The van der Waals surface area contributed by atoms with E-state index in [1.54, 1.807) is 32.4 Å². The van der Waals surface area contributed by atoms with Gasteiger partial charge < -0.3 is 9.47 Å². The monoisotopic (exact) mass is 402 g/mol. The molecule has 25 heavy (non-hydrogen) atoms. The zero-order valence-electron chi connectivity index (χ0n) is 14.5. The molecule has 130 valence electrons. The maximum Gasteiger partial charge on any atom is 0.227 e. The van der Waals surface area contributed by atoms with Crippen molar-refractivity contribution in [3.8, 4) is 11.5 Å². The number of ketones is 1. The number of methoxy groups -OCH3 is 2. The van der Waals surface area contributed by atoms with E-state index in [1.165, 1.54) is 5.56 Å². The SMILES string of the molecule is Br.COc1ccc(C(=O)C[n+]2cccc3cc(C)ccc32)cc1OC. The van der Waals surface area contributed by atoms with E-state index in [0.717, 1.165) is 10.9 Å². The molecule has 0 saturated carbocycles. The molecule has 2 aromatic carbocycles. The first-order chi connectivity index (χ1) is 11.6. The van der Waals surface area contributed by atoms with Crippen molar-refractivity contribution in [1.82, 2.24) is 0 Å². The van der Waals surface area contributed by atoms with Crippen LogP contribution >= 0.6 is 17.0 Å². The van der Waals surface area contributed by atoms with E-state index in [9.17, 15) is 4.79 Å². The number of benzene rings is 2. The number of aromatic nitrogens is 1. The lowest BCUT2D eigenvalue weighted by Gasteiger charge is -2.08. The Kier molecular flexibility index (Phi) is 6.15. The van der Waals surface area contributed by atoms with Gasteiger partial charge in [0.05, 0.1) is 14.2 Å². The molecular weight excluding hydrogens is 382 g/mol. The number of carbonyl (C=O) groups is 1. The van der Waals surface area contributed by atoms with Gasteiger partial charge in [0.25, 0.3) is 0 Å². The van der Waals surface area contributed by atoms with Gasteiger partial charge in [0, 0.05) is 23.1 Å². The fraction of sp³-hybridized carbons (Fsp3) is 0.200. The van der Waals surface area contributed by atoms with Crippen molar-refractivity contribution < 1.29 is 18.8 Å². The third-order valence-electron chi connectivity index (χ3n) is 4.05. The molecule has 0 N–H and O–H groups in total. The van der Waals surface area contributed by atoms with Gasteiger partial charge in [0.15, 0.2) is 17.7 Å². The van der Waals surface area contributed by atoms with Gasteiger partial charge in [-0.15, -0.1) is 17.0 Å². The van der Waals surface area contributed by atoms with E-state index in [2.05, 4.69) is 25.1 Å². The van der Waals surface area contributed by atoms with Gasteiger partial charge in [-0.2, -0.15) is 4.57 Å². The second kappa shape index (κ2) is 8.12. The summed E-state index contributed by atoms with van der Waals surface area (Å²) in [6.07, 6.45) is 1.93. The summed E-state index contributed by atoms with van der Waals surface area (Å²) in [5.41, 5.74) is 2.84. The van der Waals surface area contributed by atoms with Crippen molar-refractivity contribution in [1.29, 1.82) is 0 Å². The molecule has 0 aliphatic heterocycles. The Labute approximate surface area is 157 Å². The first-order valence-corrected chi connectivity index (χ1v) is 7.76. The highest BCUT2D eigenvalue weighted by molar-refractivity contribution is 8.93. The van der Waals surface area contributed by atoms with Crippen LogP contribution in [0.15, 0.2) is 54.7 Å². The summed E-state index contributed by atoms with van der Waals surface area (Å²) in [6, 6.07) is 15.5. The second-order valence-electron chi connectivity index (χ2n) is 5.69. The molecule has 1 aromatic heterocycles. The maximum atomic E-state index is 12.7. The molecule has 1 heterocycles. The van der Waals surface area contributed by atoms with Crippen molar-refractivity contribution in [3.63, 3.8) is 0 Å². The smallest absolute Gasteiger partial charge is 0.227 e. The lowest BCUT2D eigenvalue weighted by molar-refractivity contribution is -0.657. The van der Waals surface area contributed by atoms with Crippen LogP contribution in [0, 0.1) is 6.92 Å². The van der Waals surface area contributed by atoms with Crippen LogP contribution in [0.2, 0.25) is 0 Å². The lowest BCUT2D eigenvalue weighted by Crippen LogP contribution is -2.38. The molecule has 4 nitrogen and oxygen atoms in total. The Balaban J connectivity index is 0.00000225. The fourth-order valence-corrected chi connectivity index (χ4v) is 2.79. The van der Waals surface area contributed by atoms with E-state index in [0.29, 0.717) is 17.1 Å². The first-order valence-electron chi connectivity index (χ1n) is 7.76. The van der Waals surface area contributed by atoms with Gasteiger partial charge in [-0.05, 0) is 37.3 Å². The minimum Gasteiger partial charge on any atom is -0.493 e. The van der Waals surface area contributed by atoms with Gasteiger partial charge >= 0.3 is 0 Å². The summed E-state index contributed by atoms with van der Waals surface area (Å²) in [5.74, 6) is 1.19. The van der Waals surface area contributed by atoms with Crippen LogP contribution in [0.3, 0.4) is 0 Å². The van der Waals surface area contributed by atoms with Crippen LogP contribution in [-0.2, 0) is 6.54 Å². The number of ether oxygens (including phenoxy) is 2. The van der Waals surface area contributed by atoms with Crippen molar-refractivity contribution >= 4 is 33.7 Å². The number of carbonyl (C=O) groups excluding carboxylic acids is 1. The number of pyridine rings is 1. The highest BCUT2D eigenvalue weighted by atomic mass is 79.9. The molecule has 0 radical (unpaired) electrons. The van der Waals surface area contributed by atoms with Crippen LogP contribution in [0.1, 0.15) is 15.9 Å². The standard InChI is InChI=1S/C20H20NO3.BrH/c1-14-6-8-17-15(11-14)5-4-10-21(17)13-18(22)16-7-9-19(23-2)20(12-16)24-3;/h4-12H,13H2,1-3H3;1H/q+1;. The van der Waals surface area contributed by atoms with Gasteiger partial charge in [-0.25, -0.2) is 0 Å². The highest BCUT2D eigenvalue weighted by Crippen LogP contribution is 2.27. The molecule has 5 heteroatoms. The number of hydrogen-bond acceptors (Lipinski definition) is 3. The summed E-state index contributed by atoms with van der Waals surface area (Å²) in [6.45, 7) is 2.33. The minimum absolute atomic E-state index is 0. The Morgan fingerprint density at radius 3 is 2.48 bits per heavy atom. The summed E-state index contributed by atoms with van der Waals surface area (Å²) >= 11 is 0. The van der Waals surface area contributed by atoms with Crippen molar-refractivity contribution in [2.24, 2.45) is 0 Å². The Bertz CT molecular complexity index is 909. The number of hydrogen-bond donors (Lipinski definition) is 0.